The highest BCUT2D eigenvalue weighted by Crippen LogP contribution is 2.44. The minimum atomic E-state index is -0.284. The van der Waals surface area contributed by atoms with Crippen LogP contribution in [0.5, 0.6) is 0 Å². The second-order valence-corrected chi connectivity index (χ2v) is 20.9. The monoisotopic (exact) mass is 927 g/mol. The van der Waals surface area contributed by atoms with Crippen molar-refractivity contribution in [2.45, 2.75) is 212 Å². The fraction of sp³-hybridized carbons (Fsp3) is 0.698. The number of carbonyl (C=O) groups is 2. The molecule has 2 heterocycles. The van der Waals surface area contributed by atoms with Gasteiger partial charge < -0.3 is 18.9 Å². The summed E-state index contributed by atoms with van der Waals surface area (Å²) in [6.07, 6.45) is 24.0. The Bertz CT molecular complexity index is 2160. The molecule has 4 fully saturated rings. The summed E-state index contributed by atoms with van der Waals surface area (Å²) >= 11 is 3.95. The van der Waals surface area contributed by atoms with Crippen molar-refractivity contribution in [3.8, 4) is 0 Å². The molecule has 8 nitrogen and oxygen atoms in total. The van der Waals surface area contributed by atoms with Crippen LogP contribution >= 0.6 is 15.9 Å². The van der Waals surface area contributed by atoms with Gasteiger partial charge in [0.25, 0.3) is 0 Å². The fourth-order valence-electron chi connectivity index (χ4n) is 12.8. The summed E-state index contributed by atoms with van der Waals surface area (Å²) in [5.41, 5.74) is 4.76. The lowest BCUT2D eigenvalue weighted by Crippen LogP contribution is -2.42. The smallest absolute Gasteiger partial charge is 0.224 e. The van der Waals surface area contributed by atoms with E-state index in [0.717, 1.165) is 109 Å². The molecular formula is C53H76BrFN6O2. The normalized spacial score (nSPS) is 24.9. The van der Waals surface area contributed by atoms with Crippen LogP contribution in [0.3, 0.4) is 0 Å². The fourth-order valence-corrected chi connectivity index (χ4v) is 13.3. The molecule has 0 saturated heterocycles. The summed E-state index contributed by atoms with van der Waals surface area (Å²) in [5, 5.41) is 0. The van der Waals surface area contributed by atoms with Gasteiger partial charge in [0.1, 0.15) is 17.2 Å². The Morgan fingerprint density at radius 1 is 0.667 bits per heavy atom. The van der Waals surface area contributed by atoms with E-state index in [4.69, 9.17) is 9.97 Å². The van der Waals surface area contributed by atoms with E-state index in [1.165, 1.54) is 81.7 Å². The number of nitrogens with zero attached hydrogens (tertiary/aromatic N) is 6. The number of aryl methyl sites for hydroxylation is 2. The summed E-state index contributed by atoms with van der Waals surface area (Å²) in [7, 11) is 0. The number of hydrogen-bond donors (Lipinski definition) is 0. The number of aromatic nitrogens is 4. The largest absolute Gasteiger partial charge is 0.340 e. The standard InChI is InChI=1S/C53H76BrFN6O2/c1-5-14-37-23-27-39(28-24-37)52-56-50-44(34-41(54)35-47(50)61(52)32-30-48(62)58(7-3)42-16-10-9-11-17-42)40-15-12-18-43(33-40)59(8-4)49(63)29-31-60-46-20-13-19-45(55)51(46)57-53(60)38-25-21-36(6-2)22-26-38/h13,19-20,34-40,42-43H,5-12,14-18,21-33H2,1-4H3. The first-order valence-electron chi connectivity index (χ1n) is 25.6. The van der Waals surface area contributed by atoms with Crippen molar-refractivity contribution in [3.63, 3.8) is 0 Å². The van der Waals surface area contributed by atoms with Gasteiger partial charge in [0.2, 0.25) is 11.8 Å². The molecule has 2 amide bonds. The van der Waals surface area contributed by atoms with E-state index >= 15 is 4.39 Å². The molecule has 4 aromatic rings. The van der Waals surface area contributed by atoms with E-state index in [-0.39, 0.29) is 29.6 Å². The molecule has 2 atom stereocenters. The van der Waals surface area contributed by atoms with Gasteiger partial charge in [-0.25, -0.2) is 14.4 Å². The second kappa shape index (κ2) is 21.4. The number of hydrogen-bond acceptors (Lipinski definition) is 4. The Morgan fingerprint density at radius 3 is 1.87 bits per heavy atom. The van der Waals surface area contributed by atoms with Crippen molar-refractivity contribution in [2.75, 3.05) is 13.1 Å². The van der Waals surface area contributed by atoms with Crippen LogP contribution in [0.4, 0.5) is 4.39 Å². The van der Waals surface area contributed by atoms with Crippen LogP contribution < -0.4 is 0 Å². The molecule has 2 aromatic carbocycles. The van der Waals surface area contributed by atoms with Crippen LogP contribution in [0.25, 0.3) is 22.1 Å². The second-order valence-electron chi connectivity index (χ2n) is 20.0. The number of halogens is 2. The summed E-state index contributed by atoms with van der Waals surface area (Å²) in [6, 6.07) is 10.3. The highest BCUT2D eigenvalue weighted by atomic mass is 79.9. The van der Waals surface area contributed by atoms with Gasteiger partial charge in [-0.05, 0) is 145 Å². The summed E-state index contributed by atoms with van der Waals surface area (Å²) in [6.45, 7) is 11.5. The third kappa shape index (κ3) is 10.3. The third-order valence-corrected chi connectivity index (χ3v) is 16.8. The molecule has 63 heavy (non-hydrogen) atoms. The van der Waals surface area contributed by atoms with Crippen LogP contribution in [-0.2, 0) is 22.7 Å². The Kier molecular flexibility index (Phi) is 15.7. The number of amides is 2. The van der Waals surface area contributed by atoms with Gasteiger partial charge in [0.15, 0.2) is 5.82 Å². The lowest BCUT2D eigenvalue weighted by molar-refractivity contribution is -0.135. The van der Waals surface area contributed by atoms with E-state index in [2.05, 4.69) is 74.7 Å². The van der Waals surface area contributed by atoms with Crippen molar-refractivity contribution in [3.05, 3.63) is 57.8 Å². The predicted octanol–water partition coefficient (Wildman–Crippen LogP) is 13.6. The highest BCUT2D eigenvalue weighted by molar-refractivity contribution is 9.10. The molecule has 0 N–H and O–H groups in total. The van der Waals surface area contributed by atoms with Crippen LogP contribution in [0.15, 0.2) is 34.8 Å². The summed E-state index contributed by atoms with van der Waals surface area (Å²) in [4.78, 5) is 43.3. The minimum Gasteiger partial charge on any atom is -0.340 e. The van der Waals surface area contributed by atoms with Crippen LogP contribution in [0, 0.1) is 17.7 Å². The van der Waals surface area contributed by atoms with Gasteiger partial charge in [0.05, 0.1) is 16.6 Å². The molecular weight excluding hydrogens is 852 g/mol. The Labute approximate surface area is 385 Å². The summed E-state index contributed by atoms with van der Waals surface area (Å²) < 4.78 is 20.8. The Hall–Kier alpha value is -3.27. The van der Waals surface area contributed by atoms with Gasteiger partial charge in [-0.3, -0.25) is 9.59 Å². The number of benzene rings is 2. The molecule has 8 rings (SSSR count). The van der Waals surface area contributed by atoms with Crippen LogP contribution in [-0.4, -0.2) is 65.9 Å². The number of imidazole rings is 2. The van der Waals surface area contributed by atoms with Crippen molar-refractivity contribution >= 4 is 49.8 Å². The number of rotatable bonds is 16. The lowest BCUT2D eigenvalue weighted by Gasteiger charge is -2.37. The zero-order chi connectivity index (χ0) is 44.0. The number of para-hydroxylation sites is 1. The number of fused-ring (bicyclic) bond motifs is 2. The molecule has 4 aliphatic carbocycles. The third-order valence-electron chi connectivity index (χ3n) is 16.3. The Balaban J connectivity index is 1.02. The predicted molar refractivity (Wildman–Crippen MR) is 258 cm³/mol. The van der Waals surface area contributed by atoms with Crippen molar-refractivity contribution in [2.24, 2.45) is 11.8 Å². The van der Waals surface area contributed by atoms with Gasteiger partial charge in [-0.15, -0.1) is 0 Å². The van der Waals surface area contributed by atoms with Crippen LogP contribution in [0.2, 0.25) is 0 Å². The topological polar surface area (TPSA) is 76.3 Å². The van der Waals surface area contributed by atoms with Gasteiger partial charge >= 0.3 is 0 Å². The first-order chi connectivity index (χ1) is 30.7. The van der Waals surface area contributed by atoms with Gasteiger partial charge in [-0.1, -0.05) is 80.8 Å². The van der Waals surface area contributed by atoms with E-state index in [1.54, 1.807) is 6.07 Å². The average molecular weight is 928 g/mol. The molecule has 344 valence electrons. The van der Waals surface area contributed by atoms with Gasteiger partial charge in [-0.2, -0.15) is 0 Å². The molecule has 0 spiro atoms. The zero-order valence-electron chi connectivity index (χ0n) is 39.1. The molecule has 4 saturated carbocycles. The lowest BCUT2D eigenvalue weighted by atomic mass is 9.79. The number of carbonyl (C=O) groups excluding carboxylic acids is 2. The zero-order valence-corrected chi connectivity index (χ0v) is 40.7. The molecule has 0 aliphatic heterocycles. The molecule has 10 heteroatoms. The van der Waals surface area contributed by atoms with Gasteiger partial charge in [0, 0.05) is 67.4 Å². The van der Waals surface area contributed by atoms with E-state index < -0.39 is 0 Å². The maximum absolute atomic E-state index is 15.1. The molecule has 0 bridgehead atoms. The summed E-state index contributed by atoms with van der Waals surface area (Å²) in [5.74, 6) is 4.84. The van der Waals surface area contributed by atoms with Crippen molar-refractivity contribution in [1.29, 1.82) is 0 Å². The van der Waals surface area contributed by atoms with E-state index in [9.17, 15) is 9.59 Å². The SMILES string of the molecule is CCCC1CCC(c2nc3c(C4CCCC(N(CC)C(=O)CCn5c(C6CCC(CC)CC6)nc6c(F)cccc65)C4)cc(Br)cc3n2CCC(=O)N(CC)C2CCCCC2)CC1. The van der Waals surface area contributed by atoms with E-state index in [1.807, 2.05) is 6.07 Å². The van der Waals surface area contributed by atoms with Crippen LogP contribution in [0.1, 0.15) is 204 Å². The molecule has 4 aliphatic rings. The quantitative estimate of drug-likeness (QED) is 0.112. The first kappa shape index (κ1) is 46.3. The Morgan fingerprint density at radius 2 is 1.25 bits per heavy atom. The maximum Gasteiger partial charge on any atom is 0.224 e. The minimum absolute atomic E-state index is 0.142. The highest BCUT2D eigenvalue weighted by Gasteiger charge is 2.34. The average Bonchev–Trinajstić information content (AvgIpc) is 3.87. The molecule has 2 aromatic heterocycles. The van der Waals surface area contributed by atoms with E-state index in [0.29, 0.717) is 55.9 Å². The first-order valence-corrected chi connectivity index (χ1v) is 26.4. The van der Waals surface area contributed by atoms with Crippen molar-refractivity contribution < 1.29 is 14.0 Å². The maximum atomic E-state index is 15.1. The molecule has 0 radical (unpaired) electrons. The van der Waals surface area contributed by atoms with Crippen molar-refractivity contribution in [1.82, 2.24) is 28.9 Å². The molecule has 2 unspecified atom stereocenters.